The van der Waals surface area contributed by atoms with Gasteiger partial charge in [0.05, 0.1) is 6.04 Å². The molecule has 5 nitrogen and oxygen atoms in total. The Bertz CT molecular complexity index is 509. The normalized spacial score (nSPS) is 12.6. The second-order valence-corrected chi connectivity index (χ2v) is 4.22. The van der Waals surface area contributed by atoms with Crippen LogP contribution in [-0.2, 0) is 6.42 Å². The van der Waals surface area contributed by atoms with Crippen molar-refractivity contribution in [2.24, 2.45) is 5.73 Å². The van der Waals surface area contributed by atoms with Crippen LogP contribution in [0.5, 0.6) is 0 Å². The van der Waals surface area contributed by atoms with Gasteiger partial charge in [0.15, 0.2) is 0 Å². The molecule has 0 unspecified atom stereocenters. The number of hydrogen-bond donors (Lipinski definition) is 1. The molecule has 0 radical (unpaired) electrons. The Balaban J connectivity index is 2.29. The topological polar surface area (TPSA) is 77.8 Å². The molecule has 18 heavy (non-hydrogen) atoms. The van der Waals surface area contributed by atoms with Crippen LogP contribution in [0, 0.1) is 0 Å². The second kappa shape index (κ2) is 5.73. The molecule has 0 aliphatic heterocycles. The molecule has 0 bridgehead atoms. The van der Waals surface area contributed by atoms with E-state index in [0.717, 1.165) is 30.5 Å². The molecule has 2 aromatic heterocycles. The molecule has 2 rings (SSSR count). The summed E-state index contributed by atoms with van der Waals surface area (Å²) in [6.45, 7) is 4.15. The van der Waals surface area contributed by atoms with Crippen molar-refractivity contribution in [1.82, 2.24) is 15.1 Å². The summed E-state index contributed by atoms with van der Waals surface area (Å²) in [5.41, 5.74) is 7.83. The van der Waals surface area contributed by atoms with Gasteiger partial charge in [-0.3, -0.25) is 4.98 Å². The van der Waals surface area contributed by atoms with E-state index in [9.17, 15) is 0 Å². The van der Waals surface area contributed by atoms with Crippen LogP contribution in [0.2, 0.25) is 0 Å². The van der Waals surface area contributed by atoms with E-state index in [0.29, 0.717) is 11.7 Å². The molecule has 0 aliphatic rings. The van der Waals surface area contributed by atoms with Crippen molar-refractivity contribution in [1.29, 1.82) is 0 Å². The Morgan fingerprint density at radius 3 is 2.94 bits per heavy atom. The third-order valence-electron chi connectivity index (χ3n) is 2.84. The number of rotatable bonds is 5. The smallest absolute Gasteiger partial charge is 0.243 e. The molecule has 0 aliphatic carbocycles. The van der Waals surface area contributed by atoms with E-state index in [-0.39, 0.29) is 6.04 Å². The molecule has 96 valence electrons. The van der Waals surface area contributed by atoms with Crippen LogP contribution < -0.4 is 5.73 Å². The highest BCUT2D eigenvalue weighted by Crippen LogP contribution is 2.21. The Labute approximate surface area is 106 Å². The van der Waals surface area contributed by atoms with E-state index in [1.807, 2.05) is 12.1 Å². The minimum atomic E-state index is -0.190. The highest BCUT2D eigenvalue weighted by Gasteiger charge is 2.17. The van der Waals surface area contributed by atoms with Gasteiger partial charge < -0.3 is 10.3 Å². The number of aryl methyl sites for hydroxylation is 1. The Morgan fingerprint density at radius 2 is 2.22 bits per heavy atom. The van der Waals surface area contributed by atoms with Crippen LogP contribution in [0.1, 0.15) is 44.2 Å². The summed E-state index contributed by atoms with van der Waals surface area (Å²) < 4.78 is 5.21. The SMILES string of the molecule is CCC[C@@H](N)c1nc(-c2ncccc2CC)no1. The summed E-state index contributed by atoms with van der Waals surface area (Å²) in [5, 5.41) is 3.97. The quantitative estimate of drug-likeness (QED) is 0.876. The van der Waals surface area contributed by atoms with Gasteiger partial charge in [0.2, 0.25) is 11.7 Å². The fourth-order valence-electron chi connectivity index (χ4n) is 1.84. The van der Waals surface area contributed by atoms with Gasteiger partial charge in [-0.05, 0) is 24.5 Å². The minimum Gasteiger partial charge on any atom is -0.337 e. The van der Waals surface area contributed by atoms with Crippen molar-refractivity contribution < 1.29 is 4.52 Å². The third-order valence-corrected chi connectivity index (χ3v) is 2.84. The van der Waals surface area contributed by atoms with Crippen molar-refractivity contribution in [3.8, 4) is 11.5 Å². The lowest BCUT2D eigenvalue weighted by Crippen LogP contribution is -2.10. The van der Waals surface area contributed by atoms with Crippen LogP contribution in [0.25, 0.3) is 11.5 Å². The predicted molar refractivity (Wildman–Crippen MR) is 68.7 cm³/mol. The summed E-state index contributed by atoms with van der Waals surface area (Å²) in [4.78, 5) is 8.65. The van der Waals surface area contributed by atoms with E-state index in [4.69, 9.17) is 10.3 Å². The lowest BCUT2D eigenvalue weighted by molar-refractivity contribution is 0.348. The minimum absolute atomic E-state index is 0.190. The highest BCUT2D eigenvalue weighted by molar-refractivity contribution is 5.53. The molecule has 2 heterocycles. The average molecular weight is 246 g/mol. The molecule has 0 spiro atoms. The van der Waals surface area contributed by atoms with E-state index < -0.39 is 0 Å². The predicted octanol–water partition coefficient (Wildman–Crippen LogP) is 2.49. The number of nitrogens with zero attached hydrogens (tertiary/aromatic N) is 3. The van der Waals surface area contributed by atoms with E-state index in [1.165, 1.54) is 0 Å². The zero-order valence-electron chi connectivity index (χ0n) is 10.8. The first kappa shape index (κ1) is 12.7. The molecule has 5 heteroatoms. The number of aromatic nitrogens is 3. The Kier molecular flexibility index (Phi) is 4.04. The van der Waals surface area contributed by atoms with Crippen molar-refractivity contribution in [2.45, 2.75) is 39.2 Å². The lowest BCUT2D eigenvalue weighted by Gasteiger charge is -2.02. The van der Waals surface area contributed by atoms with Crippen LogP contribution in [0.4, 0.5) is 0 Å². The largest absolute Gasteiger partial charge is 0.337 e. The van der Waals surface area contributed by atoms with Crippen LogP contribution >= 0.6 is 0 Å². The van der Waals surface area contributed by atoms with Crippen LogP contribution in [0.15, 0.2) is 22.9 Å². The van der Waals surface area contributed by atoms with Gasteiger partial charge in [-0.15, -0.1) is 0 Å². The van der Waals surface area contributed by atoms with Gasteiger partial charge in [0, 0.05) is 6.20 Å². The van der Waals surface area contributed by atoms with Crippen molar-refractivity contribution in [3.05, 3.63) is 29.8 Å². The van der Waals surface area contributed by atoms with Gasteiger partial charge in [-0.25, -0.2) is 0 Å². The zero-order chi connectivity index (χ0) is 13.0. The summed E-state index contributed by atoms with van der Waals surface area (Å²) in [5.74, 6) is 1.01. The summed E-state index contributed by atoms with van der Waals surface area (Å²) in [7, 11) is 0. The van der Waals surface area contributed by atoms with E-state index >= 15 is 0 Å². The maximum atomic E-state index is 5.95. The average Bonchev–Trinajstić information content (AvgIpc) is 2.88. The van der Waals surface area contributed by atoms with Gasteiger partial charge in [-0.2, -0.15) is 4.98 Å². The second-order valence-electron chi connectivity index (χ2n) is 4.22. The summed E-state index contributed by atoms with van der Waals surface area (Å²) in [6.07, 6.45) is 4.44. The number of hydrogen-bond acceptors (Lipinski definition) is 5. The maximum absolute atomic E-state index is 5.95. The van der Waals surface area contributed by atoms with Gasteiger partial charge in [0.1, 0.15) is 5.69 Å². The van der Waals surface area contributed by atoms with E-state index in [1.54, 1.807) is 6.20 Å². The number of pyridine rings is 1. The van der Waals surface area contributed by atoms with Gasteiger partial charge >= 0.3 is 0 Å². The molecule has 0 fully saturated rings. The molecular weight excluding hydrogens is 228 g/mol. The monoisotopic (exact) mass is 246 g/mol. The first-order valence-electron chi connectivity index (χ1n) is 6.29. The molecular formula is C13H18N4O. The molecule has 2 N–H and O–H groups in total. The summed E-state index contributed by atoms with van der Waals surface area (Å²) in [6, 6.07) is 3.74. The lowest BCUT2D eigenvalue weighted by atomic mass is 10.1. The molecule has 0 amide bonds. The third kappa shape index (κ3) is 2.56. The van der Waals surface area contributed by atoms with Gasteiger partial charge in [-0.1, -0.05) is 31.5 Å². The van der Waals surface area contributed by atoms with Crippen LogP contribution in [0.3, 0.4) is 0 Å². The first-order valence-corrected chi connectivity index (χ1v) is 6.29. The molecule has 2 aromatic rings. The molecule has 0 aromatic carbocycles. The van der Waals surface area contributed by atoms with Crippen molar-refractivity contribution >= 4 is 0 Å². The zero-order valence-corrected chi connectivity index (χ0v) is 10.8. The fraction of sp³-hybridized carbons (Fsp3) is 0.462. The molecule has 0 saturated heterocycles. The standard InChI is InChI=1S/C13H18N4O/c1-3-6-10(14)13-16-12(17-18-13)11-9(4-2)7-5-8-15-11/h5,7-8,10H,3-4,6,14H2,1-2H3/t10-/m1/s1. The Morgan fingerprint density at radius 1 is 1.39 bits per heavy atom. The number of nitrogens with two attached hydrogens (primary N) is 1. The maximum Gasteiger partial charge on any atom is 0.243 e. The molecule has 0 saturated carbocycles. The molecule has 1 atom stereocenters. The van der Waals surface area contributed by atoms with E-state index in [2.05, 4.69) is 29.0 Å². The van der Waals surface area contributed by atoms with Gasteiger partial charge in [0.25, 0.3) is 0 Å². The highest BCUT2D eigenvalue weighted by atomic mass is 16.5. The van der Waals surface area contributed by atoms with Crippen molar-refractivity contribution in [2.75, 3.05) is 0 Å². The fourth-order valence-corrected chi connectivity index (χ4v) is 1.84. The first-order chi connectivity index (χ1) is 8.76. The summed E-state index contributed by atoms with van der Waals surface area (Å²) >= 11 is 0. The Hall–Kier alpha value is -1.75. The van der Waals surface area contributed by atoms with Crippen LogP contribution in [-0.4, -0.2) is 15.1 Å². The van der Waals surface area contributed by atoms with Crippen molar-refractivity contribution in [3.63, 3.8) is 0 Å².